The number of anilines is 1. The van der Waals surface area contributed by atoms with Crippen LogP contribution in [-0.4, -0.2) is 25.4 Å². The molecule has 0 aromatic heterocycles. The van der Waals surface area contributed by atoms with Crippen molar-refractivity contribution in [2.24, 2.45) is 0 Å². The number of hydrogen-bond donors (Lipinski definition) is 2. The summed E-state index contributed by atoms with van der Waals surface area (Å²) in [4.78, 5) is 0. The van der Waals surface area contributed by atoms with Gasteiger partial charge in [-0.15, -0.1) is 0 Å². The zero-order valence-electron chi connectivity index (χ0n) is 11.4. The minimum Gasteiger partial charge on any atom is -0.395 e. The maximum atomic E-state index is 11.8. The number of aryl methyl sites for hydroxylation is 1. The quantitative estimate of drug-likeness (QED) is 0.828. The summed E-state index contributed by atoms with van der Waals surface area (Å²) < 4.78 is 26.1. The van der Waals surface area contributed by atoms with Crippen molar-refractivity contribution in [1.82, 2.24) is 0 Å². The lowest BCUT2D eigenvalue weighted by Gasteiger charge is -2.11. The molecule has 0 saturated heterocycles. The van der Waals surface area contributed by atoms with E-state index in [2.05, 4.69) is 16.6 Å². The first-order valence-corrected chi connectivity index (χ1v) is 7.63. The van der Waals surface area contributed by atoms with E-state index in [1.54, 1.807) is 26.0 Å². The zero-order chi connectivity index (χ0) is 14.5. The lowest BCUT2D eigenvalue weighted by Crippen LogP contribution is -2.22. The van der Waals surface area contributed by atoms with E-state index in [0.717, 1.165) is 11.1 Å². The Balaban J connectivity index is 3.01. The Bertz CT molecular complexity index is 595. The number of aliphatic hydroxyl groups is 1. The third kappa shape index (κ3) is 4.58. The average Bonchev–Trinajstić information content (AvgIpc) is 2.33. The molecule has 4 nitrogen and oxygen atoms in total. The van der Waals surface area contributed by atoms with Gasteiger partial charge in [-0.2, -0.15) is 0 Å². The van der Waals surface area contributed by atoms with E-state index in [0.29, 0.717) is 12.1 Å². The van der Waals surface area contributed by atoms with Crippen LogP contribution < -0.4 is 4.72 Å². The van der Waals surface area contributed by atoms with Gasteiger partial charge in [-0.3, -0.25) is 4.72 Å². The molecular formula is C14H19NO3S. The van der Waals surface area contributed by atoms with Crippen LogP contribution >= 0.6 is 0 Å². The molecule has 0 spiro atoms. The predicted molar refractivity (Wildman–Crippen MR) is 77.4 cm³/mol. The molecule has 0 heterocycles. The van der Waals surface area contributed by atoms with Crippen molar-refractivity contribution in [1.29, 1.82) is 0 Å². The van der Waals surface area contributed by atoms with E-state index >= 15 is 0 Å². The molecular weight excluding hydrogens is 262 g/mol. The lowest BCUT2D eigenvalue weighted by molar-refractivity contribution is 0.305. The van der Waals surface area contributed by atoms with Crippen molar-refractivity contribution in [2.75, 3.05) is 11.3 Å². The zero-order valence-corrected chi connectivity index (χ0v) is 12.2. The first-order chi connectivity index (χ1) is 8.86. The summed E-state index contributed by atoms with van der Waals surface area (Å²) in [5.74, 6) is 5.75. The topological polar surface area (TPSA) is 66.4 Å². The maximum absolute atomic E-state index is 11.8. The smallest absolute Gasteiger partial charge is 0.235 e. The molecule has 2 N–H and O–H groups in total. The highest BCUT2D eigenvalue weighted by molar-refractivity contribution is 7.93. The maximum Gasteiger partial charge on any atom is 0.235 e. The highest BCUT2D eigenvalue weighted by Crippen LogP contribution is 2.17. The minimum absolute atomic E-state index is 0.0196. The molecule has 0 unspecified atom stereocenters. The molecule has 0 aliphatic carbocycles. The van der Waals surface area contributed by atoms with Crippen molar-refractivity contribution >= 4 is 15.7 Å². The van der Waals surface area contributed by atoms with Gasteiger partial charge in [0, 0.05) is 17.7 Å². The molecule has 0 atom stereocenters. The van der Waals surface area contributed by atoms with Gasteiger partial charge in [0.2, 0.25) is 10.0 Å². The number of benzene rings is 1. The minimum atomic E-state index is -3.34. The van der Waals surface area contributed by atoms with Crippen molar-refractivity contribution in [3.63, 3.8) is 0 Å². The summed E-state index contributed by atoms with van der Waals surface area (Å²) in [5, 5.41) is 8.20. The van der Waals surface area contributed by atoms with Crippen molar-refractivity contribution in [3.8, 4) is 11.8 Å². The fourth-order valence-corrected chi connectivity index (χ4v) is 2.01. The largest absolute Gasteiger partial charge is 0.395 e. The Hall–Kier alpha value is -1.51. The highest BCUT2D eigenvalue weighted by Gasteiger charge is 2.15. The Morgan fingerprint density at radius 2 is 2.05 bits per heavy atom. The Morgan fingerprint density at radius 3 is 2.63 bits per heavy atom. The third-order valence-corrected chi connectivity index (χ3v) is 4.34. The second-order valence-electron chi connectivity index (χ2n) is 4.50. The number of nitrogens with one attached hydrogen (secondary N) is 1. The molecule has 1 aromatic rings. The van der Waals surface area contributed by atoms with E-state index in [4.69, 9.17) is 5.11 Å². The van der Waals surface area contributed by atoms with Crippen molar-refractivity contribution in [3.05, 3.63) is 29.3 Å². The van der Waals surface area contributed by atoms with E-state index in [1.807, 2.05) is 13.0 Å². The molecule has 0 bridgehead atoms. The van der Waals surface area contributed by atoms with Gasteiger partial charge in [0.05, 0.1) is 11.9 Å². The van der Waals surface area contributed by atoms with Crippen molar-refractivity contribution in [2.45, 2.75) is 32.4 Å². The Labute approximate surface area is 114 Å². The van der Waals surface area contributed by atoms with Gasteiger partial charge < -0.3 is 5.11 Å². The summed E-state index contributed by atoms with van der Waals surface area (Å²) in [6.45, 7) is 5.17. The predicted octanol–water partition coefficient (Wildman–Crippen LogP) is 1.88. The summed E-state index contributed by atoms with van der Waals surface area (Å²) in [5.41, 5.74) is 2.24. The van der Waals surface area contributed by atoms with E-state index < -0.39 is 15.3 Å². The van der Waals surface area contributed by atoms with Crippen LogP contribution in [0.15, 0.2) is 18.2 Å². The number of sulfonamides is 1. The van der Waals surface area contributed by atoms with Crippen LogP contribution in [-0.2, 0) is 10.0 Å². The second kappa shape index (κ2) is 6.60. The number of rotatable bonds is 4. The molecule has 104 valence electrons. The SMILES string of the molecule is Cc1ccc(NS(=O)(=O)C(C)C)cc1C#CCCO. The number of aliphatic hydroxyl groups excluding tert-OH is 1. The molecule has 5 heteroatoms. The van der Waals surface area contributed by atoms with E-state index in [9.17, 15) is 8.42 Å². The molecule has 0 saturated carbocycles. The summed E-state index contributed by atoms with van der Waals surface area (Å²) in [7, 11) is -3.34. The van der Waals surface area contributed by atoms with Gasteiger partial charge in [0.15, 0.2) is 0 Å². The van der Waals surface area contributed by atoms with Gasteiger partial charge in [-0.05, 0) is 38.5 Å². The first-order valence-electron chi connectivity index (χ1n) is 6.09. The molecule has 1 rings (SSSR count). The molecule has 1 aromatic carbocycles. The van der Waals surface area contributed by atoms with Gasteiger partial charge in [0.1, 0.15) is 0 Å². The molecule has 0 radical (unpaired) electrons. The highest BCUT2D eigenvalue weighted by atomic mass is 32.2. The van der Waals surface area contributed by atoms with Crippen LogP contribution in [0.25, 0.3) is 0 Å². The first kappa shape index (κ1) is 15.5. The lowest BCUT2D eigenvalue weighted by atomic mass is 10.1. The van der Waals surface area contributed by atoms with Crippen LogP contribution in [0.1, 0.15) is 31.4 Å². The monoisotopic (exact) mass is 281 g/mol. The summed E-state index contributed by atoms with van der Waals surface area (Å²) in [6.07, 6.45) is 0.404. The Morgan fingerprint density at radius 1 is 1.37 bits per heavy atom. The van der Waals surface area contributed by atoms with E-state index in [1.165, 1.54) is 0 Å². The van der Waals surface area contributed by atoms with Gasteiger partial charge in [-0.1, -0.05) is 17.9 Å². The van der Waals surface area contributed by atoms with Crippen LogP contribution in [0, 0.1) is 18.8 Å². The molecule has 0 aliphatic rings. The molecule has 0 amide bonds. The second-order valence-corrected chi connectivity index (χ2v) is 6.74. The molecule has 19 heavy (non-hydrogen) atoms. The van der Waals surface area contributed by atoms with E-state index in [-0.39, 0.29) is 6.61 Å². The number of hydrogen-bond acceptors (Lipinski definition) is 3. The van der Waals surface area contributed by atoms with Crippen LogP contribution in [0.2, 0.25) is 0 Å². The summed E-state index contributed by atoms with van der Waals surface area (Å²) >= 11 is 0. The van der Waals surface area contributed by atoms with Gasteiger partial charge >= 0.3 is 0 Å². The van der Waals surface area contributed by atoms with Crippen LogP contribution in [0.4, 0.5) is 5.69 Å². The van der Waals surface area contributed by atoms with Crippen LogP contribution in [0.5, 0.6) is 0 Å². The van der Waals surface area contributed by atoms with Crippen molar-refractivity contribution < 1.29 is 13.5 Å². The fourth-order valence-electron chi connectivity index (χ4n) is 1.32. The fraction of sp³-hybridized carbons (Fsp3) is 0.429. The molecule has 0 aliphatic heterocycles. The van der Waals surface area contributed by atoms with Gasteiger partial charge in [-0.25, -0.2) is 8.42 Å². The summed E-state index contributed by atoms with van der Waals surface area (Å²) in [6, 6.07) is 5.24. The average molecular weight is 281 g/mol. The van der Waals surface area contributed by atoms with Gasteiger partial charge in [0.25, 0.3) is 0 Å². The third-order valence-electron chi connectivity index (χ3n) is 2.58. The Kier molecular flexibility index (Phi) is 5.40. The standard InChI is InChI=1S/C14H19NO3S/c1-11(2)19(17,18)15-14-8-7-12(3)13(10-14)6-4-5-9-16/h7-8,10-11,15-16H,5,9H2,1-3H3. The molecule has 0 fully saturated rings. The van der Waals surface area contributed by atoms with Crippen LogP contribution in [0.3, 0.4) is 0 Å². The normalized spacial score (nSPS) is 11.0.